The maximum Gasteiger partial charge on any atom is 0.248 e. The fourth-order valence-corrected chi connectivity index (χ4v) is 5.81. The van der Waals surface area contributed by atoms with Crippen LogP contribution in [0.25, 0.3) is 6.08 Å². The number of benzene rings is 2. The molecular weight excluding hydrogens is 464 g/mol. The predicted molar refractivity (Wildman–Crippen MR) is 128 cm³/mol. The van der Waals surface area contributed by atoms with Crippen LogP contribution in [0.5, 0.6) is 0 Å². The second-order valence-corrected chi connectivity index (χ2v) is 11.3. The summed E-state index contributed by atoms with van der Waals surface area (Å²) in [4.78, 5) is 14.7. The predicted octanol–water partition coefficient (Wildman–Crippen LogP) is 1.57. The Labute approximate surface area is 195 Å². The lowest BCUT2D eigenvalue weighted by Crippen LogP contribution is -2.47. The van der Waals surface area contributed by atoms with Crippen molar-refractivity contribution in [3.8, 4) is 0 Å². The molecule has 0 unspecified atom stereocenters. The van der Waals surface area contributed by atoms with Crippen LogP contribution in [0.2, 0.25) is 0 Å². The molecule has 0 spiro atoms. The molecule has 3 rings (SSSR count). The Bertz CT molecular complexity index is 1220. The Balaban J connectivity index is 1.66. The van der Waals surface area contributed by atoms with E-state index in [1.54, 1.807) is 37.3 Å². The van der Waals surface area contributed by atoms with Crippen LogP contribution in [-0.2, 0) is 24.8 Å². The van der Waals surface area contributed by atoms with Crippen LogP contribution in [-0.4, -0.2) is 71.7 Å². The van der Waals surface area contributed by atoms with Crippen molar-refractivity contribution in [1.82, 2.24) is 13.9 Å². The van der Waals surface area contributed by atoms with Crippen molar-refractivity contribution >= 4 is 37.7 Å². The first-order chi connectivity index (χ1) is 15.6. The summed E-state index contributed by atoms with van der Waals surface area (Å²) in [6.45, 7) is 4.18. The number of hydrogen-bond acceptors (Lipinski definition) is 6. The minimum Gasteiger partial charge on any atom is -0.322 e. The van der Waals surface area contributed by atoms with Gasteiger partial charge in [-0.05, 0) is 49.0 Å². The van der Waals surface area contributed by atoms with Gasteiger partial charge in [0, 0.05) is 44.5 Å². The zero-order valence-electron chi connectivity index (χ0n) is 18.6. The molecule has 0 radical (unpaired) electrons. The van der Waals surface area contributed by atoms with Gasteiger partial charge in [-0.1, -0.05) is 25.1 Å². The highest BCUT2D eigenvalue weighted by Crippen LogP contribution is 2.21. The summed E-state index contributed by atoms with van der Waals surface area (Å²) in [5.74, 6) is -0.437. The van der Waals surface area contributed by atoms with E-state index >= 15 is 0 Å². The molecule has 1 aliphatic heterocycles. The van der Waals surface area contributed by atoms with E-state index in [1.807, 2.05) is 7.05 Å². The molecule has 0 bridgehead atoms. The van der Waals surface area contributed by atoms with E-state index in [-0.39, 0.29) is 9.79 Å². The Kier molecular flexibility index (Phi) is 8.03. The molecule has 0 atom stereocenters. The molecule has 1 amide bonds. The maximum absolute atomic E-state index is 12.9. The Morgan fingerprint density at radius 1 is 0.970 bits per heavy atom. The van der Waals surface area contributed by atoms with Gasteiger partial charge in [0.1, 0.15) is 0 Å². The third kappa shape index (κ3) is 6.49. The van der Waals surface area contributed by atoms with E-state index in [0.717, 1.165) is 0 Å². The number of hydrogen-bond donors (Lipinski definition) is 2. The first-order valence-corrected chi connectivity index (χ1v) is 13.4. The smallest absolute Gasteiger partial charge is 0.248 e. The minimum atomic E-state index is -3.64. The van der Waals surface area contributed by atoms with Crippen LogP contribution in [0.4, 0.5) is 5.69 Å². The molecule has 1 saturated heterocycles. The second-order valence-electron chi connectivity index (χ2n) is 7.63. The van der Waals surface area contributed by atoms with E-state index in [4.69, 9.17) is 0 Å². The average Bonchev–Trinajstić information content (AvgIpc) is 2.78. The van der Waals surface area contributed by atoms with Gasteiger partial charge in [0.2, 0.25) is 26.0 Å². The normalized spacial score (nSPS) is 16.2. The van der Waals surface area contributed by atoms with Crippen molar-refractivity contribution in [3.05, 3.63) is 60.2 Å². The van der Waals surface area contributed by atoms with Crippen molar-refractivity contribution < 1.29 is 21.6 Å². The first kappa shape index (κ1) is 25.1. The van der Waals surface area contributed by atoms with E-state index < -0.39 is 26.0 Å². The van der Waals surface area contributed by atoms with Gasteiger partial charge < -0.3 is 10.2 Å². The highest BCUT2D eigenvalue weighted by atomic mass is 32.2. The van der Waals surface area contributed by atoms with Gasteiger partial charge in [-0.25, -0.2) is 21.6 Å². The molecule has 0 aromatic heterocycles. The molecule has 2 aromatic rings. The van der Waals surface area contributed by atoms with Gasteiger partial charge >= 0.3 is 0 Å². The highest BCUT2D eigenvalue weighted by Gasteiger charge is 2.27. The van der Waals surface area contributed by atoms with Crippen molar-refractivity contribution in [2.75, 3.05) is 45.1 Å². The second kappa shape index (κ2) is 10.6. The lowest BCUT2D eigenvalue weighted by molar-refractivity contribution is -0.111. The SMILES string of the molecule is CCNS(=O)(=O)c1ccc(/C=C/C(=O)Nc2cccc(S(=O)(=O)N3CCN(C)CC3)c2)cc1. The number of anilines is 1. The van der Waals surface area contributed by atoms with Crippen molar-refractivity contribution in [2.45, 2.75) is 16.7 Å². The third-order valence-electron chi connectivity index (χ3n) is 5.15. The van der Waals surface area contributed by atoms with Crippen molar-refractivity contribution in [2.24, 2.45) is 0 Å². The lowest BCUT2D eigenvalue weighted by atomic mass is 10.2. The van der Waals surface area contributed by atoms with Crippen LogP contribution in [0, 0.1) is 0 Å². The van der Waals surface area contributed by atoms with Gasteiger partial charge in [-0.15, -0.1) is 0 Å². The van der Waals surface area contributed by atoms with E-state index in [0.29, 0.717) is 44.0 Å². The number of likely N-dealkylation sites (N-methyl/N-ethyl adjacent to an activating group) is 1. The summed E-state index contributed by atoms with van der Waals surface area (Å²) < 4.78 is 53.7. The summed E-state index contributed by atoms with van der Waals surface area (Å²) in [7, 11) is -5.22. The maximum atomic E-state index is 12.9. The van der Waals surface area contributed by atoms with Gasteiger partial charge in [0.25, 0.3) is 0 Å². The van der Waals surface area contributed by atoms with E-state index in [2.05, 4.69) is 14.9 Å². The summed E-state index contributed by atoms with van der Waals surface area (Å²) >= 11 is 0. The Morgan fingerprint density at radius 2 is 1.64 bits per heavy atom. The molecule has 2 aromatic carbocycles. The fourth-order valence-electron chi connectivity index (χ4n) is 3.30. The molecule has 0 aliphatic carbocycles. The zero-order chi connectivity index (χ0) is 24.1. The van der Waals surface area contributed by atoms with Crippen LogP contribution in [0.1, 0.15) is 12.5 Å². The van der Waals surface area contributed by atoms with Gasteiger partial charge in [-0.2, -0.15) is 4.31 Å². The lowest BCUT2D eigenvalue weighted by Gasteiger charge is -2.31. The van der Waals surface area contributed by atoms with Crippen molar-refractivity contribution in [1.29, 1.82) is 0 Å². The van der Waals surface area contributed by atoms with Gasteiger partial charge in [0.05, 0.1) is 9.79 Å². The van der Waals surface area contributed by atoms with E-state index in [1.165, 1.54) is 34.6 Å². The molecule has 33 heavy (non-hydrogen) atoms. The first-order valence-electron chi connectivity index (χ1n) is 10.5. The average molecular weight is 493 g/mol. The topological polar surface area (TPSA) is 116 Å². The summed E-state index contributed by atoms with van der Waals surface area (Å²) in [5.41, 5.74) is 1.01. The van der Waals surface area contributed by atoms with Crippen LogP contribution in [0.15, 0.2) is 64.4 Å². The molecule has 11 heteroatoms. The molecule has 1 aliphatic rings. The van der Waals surface area contributed by atoms with Gasteiger partial charge in [0.15, 0.2) is 0 Å². The number of nitrogens with one attached hydrogen (secondary N) is 2. The number of nitrogens with zero attached hydrogens (tertiary/aromatic N) is 2. The molecule has 178 valence electrons. The zero-order valence-corrected chi connectivity index (χ0v) is 20.2. The monoisotopic (exact) mass is 492 g/mol. The molecule has 9 nitrogen and oxygen atoms in total. The van der Waals surface area contributed by atoms with Crippen LogP contribution >= 0.6 is 0 Å². The number of sulfonamides is 2. The number of piperazine rings is 1. The number of carbonyl (C=O) groups is 1. The summed E-state index contributed by atoms with van der Waals surface area (Å²) in [5, 5.41) is 2.66. The molecule has 1 fully saturated rings. The number of rotatable bonds is 8. The number of carbonyl (C=O) groups excluding carboxylic acids is 1. The highest BCUT2D eigenvalue weighted by molar-refractivity contribution is 7.89. The minimum absolute atomic E-state index is 0.131. The van der Waals surface area contributed by atoms with Crippen LogP contribution < -0.4 is 10.0 Å². The Morgan fingerprint density at radius 3 is 2.27 bits per heavy atom. The van der Waals surface area contributed by atoms with Crippen LogP contribution in [0.3, 0.4) is 0 Å². The summed E-state index contributed by atoms with van der Waals surface area (Å²) in [6, 6.07) is 12.3. The van der Waals surface area contributed by atoms with Crippen molar-refractivity contribution in [3.63, 3.8) is 0 Å². The standard InChI is InChI=1S/C22H28N4O5S2/c1-3-23-32(28,29)20-10-7-18(8-11-20)9-12-22(27)24-19-5-4-6-21(17-19)33(30,31)26-15-13-25(2)14-16-26/h4-12,17,23H,3,13-16H2,1-2H3,(H,24,27)/b12-9+. The largest absolute Gasteiger partial charge is 0.322 e. The summed E-state index contributed by atoms with van der Waals surface area (Å²) in [6.07, 6.45) is 2.85. The Hall–Kier alpha value is -2.57. The molecular formula is C22H28N4O5S2. The van der Waals surface area contributed by atoms with Gasteiger partial charge in [-0.3, -0.25) is 4.79 Å². The quantitative estimate of drug-likeness (QED) is 0.541. The molecule has 1 heterocycles. The third-order valence-corrected chi connectivity index (χ3v) is 8.61. The van der Waals surface area contributed by atoms with E-state index in [9.17, 15) is 21.6 Å². The molecule has 2 N–H and O–H groups in total. The molecule has 0 saturated carbocycles. The number of amides is 1. The fraction of sp³-hybridized carbons (Fsp3) is 0.318.